The van der Waals surface area contributed by atoms with Gasteiger partial charge in [0.25, 0.3) is 0 Å². The minimum absolute atomic E-state index is 0.0505. The first kappa shape index (κ1) is 48.9. The van der Waals surface area contributed by atoms with Crippen molar-refractivity contribution in [3.05, 3.63) is 0 Å². The lowest BCUT2D eigenvalue weighted by molar-refractivity contribution is -0.137. The number of nitrogens with one attached hydrogen (secondary N) is 4. The Labute approximate surface area is 310 Å². The van der Waals surface area contributed by atoms with Gasteiger partial charge in [-0.3, -0.25) is 28.8 Å². The van der Waals surface area contributed by atoms with E-state index in [2.05, 4.69) is 21.3 Å². The molecule has 0 aromatic rings. The van der Waals surface area contributed by atoms with Gasteiger partial charge < -0.3 is 45.3 Å². The van der Waals surface area contributed by atoms with Crippen molar-refractivity contribution < 1.29 is 52.8 Å². The number of carbonyl (C=O) groups excluding carboxylic acids is 5. The first-order valence-electron chi connectivity index (χ1n) is 19.2. The molecule has 0 rings (SSSR count). The lowest BCUT2D eigenvalue weighted by atomic mass is 10.0. The summed E-state index contributed by atoms with van der Waals surface area (Å²) in [7, 11) is 0. The van der Waals surface area contributed by atoms with Crippen LogP contribution in [-0.2, 0) is 47.7 Å². The third-order valence-electron chi connectivity index (χ3n) is 7.96. The van der Waals surface area contributed by atoms with Gasteiger partial charge >= 0.3 is 5.97 Å². The average molecular weight is 745 g/mol. The Morgan fingerprint density at radius 1 is 0.481 bits per heavy atom. The normalized spacial score (nSPS) is 12.1. The molecule has 0 heterocycles. The molecule has 15 nitrogen and oxygen atoms in total. The number of carbonyl (C=O) groups is 6. The molecule has 2 atom stereocenters. The van der Waals surface area contributed by atoms with E-state index in [0.29, 0.717) is 32.8 Å². The van der Waals surface area contributed by atoms with Crippen LogP contribution in [-0.4, -0.2) is 119 Å². The Morgan fingerprint density at radius 3 is 1.40 bits per heavy atom. The molecule has 0 spiro atoms. The maximum Gasteiger partial charge on any atom is 0.303 e. The van der Waals surface area contributed by atoms with Crippen molar-refractivity contribution in [2.75, 3.05) is 65.9 Å². The Bertz CT molecular complexity index is 983. The smallest absolute Gasteiger partial charge is 0.303 e. The molecule has 0 radical (unpaired) electrons. The molecule has 0 fully saturated rings. The number of ketones is 1. The number of unbranched alkanes of at least 4 members (excludes halogenated alkanes) is 13. The van der Waals surface area contributed by atoms with Gasteiger partial charge in [0, 0.05) is 25.9 Å². The lowest BCUT2D eigenvalue weighted by Gasteiger charge is -2.18. The van der Waals surface area contributed by atoms with Gasteiger partial charge in [0.2, 0.25) is 23.6 Å². The van der Waals surface area contributed by atoms with Crippen LogP contribution < -0.4 is 21.3 Å². The van der Waals surface area contributed by atoms with Crippen molar-refractivity contribution in [3.8, 4) is 0 Å². The van der Waals surface area contributed by atoms with Gasteiger partial charge in [-0.25, -0.2) is 0 Å². The lowest BCUT2D eigenvalue weighted by Crippen LogP contribution is -2.51. The second-order valence-corrected chi connectivity index (χ2v) is 13.0. The SMILES string of the molecule is CC(=O)COCCOCCNC(=O)COCCOCCNC(=O)[C@H](C)NC(=O)[C@H](C)NC(=O)CCCCCCCCCCCCCCCCC(=O)O. The van der Waals surface area contributed by atoms with Gasteiger partial charge in [0.05, 0.1) is 39.6 Å². The second kappa shape index (κ2) is 34.9. The fourth-order valence-electron chi connectivity index (χ4n) is 5.00. The number of hydrogen-bond donors (Lipinski definition) is 5. The van der Waals surface area contributed by atoms with Crippen molar-refractivity contribution in [3.63, 3.8) is 0 Å². The number of rotatable bonds is 37. The third-order valence-corrected chi connectivity index (χ3v) is 7.96. The summed E-state index contributed by atoms with van der Waals surface area (Å²) in [5.41, 5.74) is 0. The summed E-state index contributed by atoms with van der Waals surface area (Å²) < 4.78 is 21.0. The van der Waals surface area contributed by atoms with Crippen LogP contribution in [0.15, 0.2) is 0 Å². The van der Waals surface area contributed by atoms with E-state index in [4.69, 9.17) is 24.1 Å². The molecule has 0 saturated carbocycles. The highest BCUT2D eigenvalue weighted by Gasteiger charge is 2.20. The number of ether oxygens (including phenoxy) is 4. The summed E-state index contributed by atoms with van der Waals surface area (Å²) in [5.74, 6) is -2.04. The molecule has 0 saturated heterocycles. The summed E-state index contributed by atoms with van der Waals surface area (Å²) in [6, 6.07) is -1.55. The standard InChI is InChI=1S/C37H68N4O11/c1-30(42)28-51-26-24-49-22-20-38-34(44)29-52-27-25-50-23-21-39-36(47)31(2)41-37(48)32(3)40-33(43)18-16-14-12-10-8-6-4-5-7-9-11-13-15-17-19-35(45)46/h31-32H,4-29H2,1-3H3,(H,38,44)(H,39,47)(H,40,43)(H,41,48)(H,45,46)/t31-,32-/m0/s1. The van der Waals surface area contributed by atoms with E-state index in [9.17, 15) is 28.8 Å². The summed E-state index contributed by atoms with van der Waals surface area (Å²) in [5, 5.41) is 19.3. The van der Waals surface area contributed by atoms with E-state index < -0.39 is 24.0 Å². The first-order chi connectivity index (χ1) is 25.0. The van der Waals surface area contributed by atoms with Crippen molar-refractivity contribution in [2.45, 2.75) is 136 Å². The molecule has 5 N–H and O–H groups in total. The van der Waals surface area contributed by atoms with Gasteiger partial charge in [-0.2, -0.15) is 0 Å². The largest absolute Gasteiger partial charge is 0.481 e. The molecule has 0 aliphatic rings. The zero-order chi connectivity index (χ0) is 38.7. The van der Waals surface area contributed by atoms with E-state index in [1.165, 1.54) is 51.9 Å². The van der Waals surface area contributed by atoms with E-state index in [1.807, 2.05) is 0 Å². The fraction of sp³-hybridized carbons (Fsp3) is 0.838. The van der Waals surface area contributed by atoms with Crippen LogP contribution in [0.1, 0.15) is 124 Å². The van der Waals surface area contributed by atoms with Crippen LogP contribution in [0.2, 0.25) is 0 Å². The monoisotopic (exact) mass is 744 g/mol. The van der Waals surface area contributed by atoms with Gasteiger partial charge in [0.1, 0.15) is 25.3 Å². The van der Waals surface area contributed by atoms with E-state index in [1.54, 1.807) is 13.8 Å². The number of hydrogen-bond acceptors (Lipinski definition) is 10. The molecule has 0 aromatic heterocycles. The number of amides is 4. The Morgan fingerprint density at radius 2 is 0.904 bits per heavy atom. The summed E-state index contributed by atoms with van der Waals surface area (Å²) in [4.78, 5) is 70.1. The zero-order valence-corrected chi connectivity index (χ0v) is 32.1. The molecular weight excluding hydrogens is 676 g/mol. The Kier molecular flexibility index (Phi) is 32.8. The minimum atomic E-state index is -0.791. The summed E-state index contributed by atoms with van der Waals surface area (Å²) in [6.07, 6.45) is 16.2. The molecule has 0 unspecified atom stereocenters. The van der Waals surface area contributed by atoms with Crippen molar-refractivity contribution in [1.29, 1.82) is 0 Å². The molecule has 4 amide bonds. The predicted molar refractivity (Wildman–Crippen MR) is 197 cm³/mol. The molecule has 0 bridgehead atoms. The van der Waals surface area contributed by atoms with Crippen molar-refractivity contribution >= 4 is 35.4 Å². The summed E-state index contributed by atoms with van der Waals surface area (Å²) in [6.45, 7) is 6.70. The highest BCUT2D eigenvalue weighted by atomic mass is 16.5. The van der Waals surface area contributed by atoms with Crippen LogP contribution >= 0.6 is 0 Å². The number of carboxylic acids is 1. The predicted octanol–water partition coefficient (Wildman–Crippen LogP) is 3.21. The Hall–Kier alpha value is -3.14. The average Bonchev–Trinajstić information content (AvgIpc) is 3.09. The number of Topliss-reactive ketones (excluding diaryl/α,β-unsaturated/α-hetero) is 1. The van der Waals surface area contributed by atoms with Gasteiger partial charge in [-0.05, 0) is 33.6 Å². The summed E-state index contributed by atoms with van der Waals surface area (Å²) >= 11 is 0. The third kappa shape index (κ3) is 34.0. The van der Waals surface area contributed by atoms with E-state index in [0.717, 1.165) is 44.9 Å². The molecule has 0 aromatic carbocycles. The maximum absolute atomic E-state index is 12.5. The van der Waals surface area contributed by atoms with Crippen molar-refractivity contribution in [1.82, 2.24) is 21.3 Å². The second-order valence-electron chi connectivity index (χ2n) is 13.0. The van der Waals surface area contributed by atoms with Crippen LogP contribution in [0, 0.1) is 0 Å². The first-order valence-corrected chi connectivity index (χ1v) is 19.2. The maximum atomic E-state index is 12.5. The van der Waals surface area contributed by atoms with E-state index in [-0.39, 0.29) is 69.5 Å². The minimum Gasteiger partial charge on any atom is -0.481 e. The van der Waals surface area contributed by atoms with Gasteiger partial charge in [-0.15, -0.1) is 0 Å². The highest BCUT2D eigenvalue weighted by Crippen LogP contribution is 2.14. The number of carboxylic acid groups (broad SMARTS) is 1. The van der Waals surface area contributed by atoms with Crippen molar-refractivity contribution in [2.24, 2.45) is 0 Å². The Balaban J connectivity index is 3.67. The highest BCUT2D eigenvalue weighted by molar-refractivity contribution is 5.91. The zero-order valence-electron chi connectivity index (χ0n) is 32.1. The fourth-order valence-corrected chi connectivity index (χ4v) is 5.00. The van der Waals surface area contributed by atoms with E-state index >= 15 is 0 Å². The van der Waals surface area contributed by atoms with Crippen LogP contribution in [0.5, 0.6) is 0 Å². The molecule has 302 valence electrons. The van der Waals surface area contributed by atoms with Crippen LogP contribution in [0.3, 0.4) is 0 Å². The van der Waals surface area contributed by atoms with Crippen LogP contribution in [0.4, 0.5) is 0 Å². The quantitative estimate of drug-likeness (QED) is 0.0584. The van der Waals surface area contributed by atoms with Crippen LogP contribution in [0.25, 0.3) is 0 Å². The van der Waals surface area contributed by atoms with Gasteiger partial charge in [0.15, 0.2) is 5.78 Å². The topological polar surface area (TPSA) is 208 Å². The number of aliphatic carboxylic acids is 1. The molecule has 0 aliphatic heterocycles. The molecule has 0 aliphatic carbocycles. The molecule has 15 heteroatoms. The molecule has 52 heavy (non-hydrogen) atoms. The van der Waals surface area contributed by atoms with Gasteiger partial charge in [-0.1, -0.05) is 77.0 Å². The molecular formula is C37H68N4O11.